The molecular formula is C23H23F3N2O3. The first-order chi connectivity index (χ1) is 14.6. The molecule has 2 aliphatic heterocycles. The molecule has 2 aromatic carbocycles. The Morgan fingerprint density at radius 2 is 1.90 bits per heavy atom. The number of halogens is 3. The van der Waals surface area contributed by atoms with E-state index < -0.39 is 17.3 Å². The molecule has 0 saturated heterocycles. The van der Waals surface area contributed by atoms with Gasteiger partial charge in [0, 0.05) is 23.2 Å². The Hall–Kier alpha value is -2.84. The molecule has 8 heteroatoms. The molecule has 4 rings (SSSR count). The smallest absolute Gasteiger partial charge is 0.416 e. The molecule has 31 heavy (non-hydrogen) atoms. The standard InChI is InChI=1S/C23H23F3N2O3/c1-4-30-27-12-18-20(28-13-14-7-5-6-8-16(14)21(28)29)17-11-15(23(24,25)26)9-10-19(17)31-22(18,2)3/h5-11,27H,4,12-13H2,1-3H3. The summed E-state index contributed by atoms with van der Waals surface area (Å²) in [5.41, 5.74) is 3.83. The topological polar surface area (TPSA) is 50.8 Å². The van der Waals surface area contributed by atoms with E-state index in [-0.39, 0.29) is 24.6 Å². The Labute approximate surface area is 178 Å². The fourth-order valence-corrected chi connectivity index (χ4v) is 4.03. The van der Waals surface area contributed by atoms with Gasteiger partial charge in [-0.1, -0.05) is 18.2 Å². The minimum absolute atomic E-state index is 0.186. The van der Waals surface area contributed by atoms with E-state index >= 15 is 0 Å². The van der Waals surface area contributed by atoms with E-state index in [9.17, 15) is 18.0 Å². The second-order valence-corrected chi connectivity index (χ2v) is 7.95. The zero-order valence-electron chi connectivity index (χ0n) is 17.5. The van der Waals surface area contributed by atoms with E-state index in [1.54, 1.807) is 12.1 Å². The lowest BCUT2D eigenvalue weighted by Gasteiger charge is -2.39. The molecule has 0 fully saturated rings. The third-order valence-electron chi connectivity index (χ3n) is 5.53. The molecule has 0 aliphatic carbocycles. The van der Waals surface area contributed by atoms with E-state index in [1.165, 1.54) is 11.0 Å². The highest BCUT2D eigenvalue weighted by molar-refractivity contribution is 6.04. The fourth-order valence-electron chi connectivity index (χ4n) is 4.03. The SMILES string of the molecule is CCONCC1=C(N2Cc3ccccc3C2=O)c2cc(C(F)(F)F)ccc2OC1(C)C. The monoisotopic (exact) mass is 432 g/mol. The van der Waals surface area contributed by atoms with Gasteiger partial charge in [-0.2, -0.15) is 18.7 Å². The fraction of sp³-hybridized carbons (Fsp3) is 0.348. The lowest BCUT2D eigenvalue weighted by atomic mass is 9.88. The van der Waals surface area contributed by atoms with Gasteiger partial charge in [0.25, 0.3) is 5.91 Å². The van der Waals surface area contributed by atoms with Crippen LogP contribution in [-0.4, -0.2) is 29.6 Å². The summed E-state index contributed by atoms with van der Waals surface area (Å²) >= 11 is 0. The van der Waals surface area contributed by atoms with Crippen molar-refractivity contribution in [3.8, 4) is 5.75 Å². The number of nitrogens with zero attached hydrogens (tertiary/aromatic N) is 1. The number of alkyl halides is 3. The highest BCUT2D eigenvalue weighted by Gasteiger charge is 2.42. The van der Waals surface area contributed by atoms with Crippen molar-refractivity contribution in [3.05, 3.63) is 70.3 Å². The van der Waals surface area contributed by atoms with Crippen molar-refractivity contribution in [1.29, 1.82) is 0 Å². The van der Waals surface area contributed by atoms with Crippen LogP contribution < -0.4 is 10.2 Å². The van der Waals surface area contributed by atoms with Gasteiger partial charge in [0.05, 0.1) is 24.4 Å². The van der Waals surface area contributed by atoms with Gasteiger partial charge in [-0.25, -0.2) is 0 Å². The van der Waals surface area contributed by atoms with E-state index in [0.717, 1.165) is 17.7 Å². The molecule has 0 spiro atoms. The van der Waals surface area contributed by atoms with Crippen molar-refractivity contribution in [1.82, 2.24) is 10.4 Å². The first-order valence-electron chi connectivity index (χ1n) is 10.0. The van der Waals surface area contributed by atoms with Crippen LogP contribution in [0.15, 0.2) is 48.0 Å². The quantitative estimate of drug-likeness (QED) is 0.546. The number of hydrogen-bond acceptors (Lipinski definition) is 4. The molecule has 2 heterocycles. The predicted octanol–water partition coefficient (Wildman–Crippen LogP) is 4.78. The highest BCUT2D eigenvalue weighted by atomic mass is 19.4. The number of benzene rings is 2. The van der Waals surface area contributed by atoms with Crippen molar-refractivity contribution >= 4 is 11.6 Å². The molecule has 1 amide bonds. The van der Waals surface area contributed by atoms with Gasteiger partial charge in [-0.05, 0) is 50.6 Å². The molecule has 164 valence electrons. The van der Waals surface area contributed by atoms with Crippen LogP contribution in [0.4, 0.5) is 13.2 Å². The number of hydroxylamine groups is 1. The summed E-state index contributed by atoms with van der Waals surface area (Å²) in [5, 5.41) is 0. The first kappa shape index (κ1) is 21.4. The van der Waals surface area contributed by atoms with Crippen molar-refractivity contribution in [2.75, 3.05) is 13.2 Å². The Bertz CT molecular complexity index is 1060. The van der Waals surface area contributed by atoms with Crippen LogP contribution >= 0.6 is 0 Å². The van der Waals surface area contributed by atoms with E-state index in [1.807, 2.05) is 32.9 Å². The van der Waals surface area contributed by atoms with Crippen LogP contribution in [0.2, 0.25) is 0 Å². The van der Waals surface area contributed by atoms with Gasteiger partial charge >= 0.3 is 6.18 Å². The Kier molecular flexibility index (Phi) is 5.31. The molecule has 0 unspecified atom stereocenters. The number of rotatable bonds is 5. The van der Waals surface area contributed by atoms with Gasteiger partial charge in [-0.3, -0.25) is 4.79 Å². The summed E-state index contributed by atoms with van der Waals surface area (Å²) < 4.78 is 46.5. The molecule has 0 bridgehead atoms. The Morgan fingerprint density at radius 3 is 2.58 bits per heavy atom. The summed E-state index contributed by atoms with van der Waals surface area (Å²) in [6.45, 7) is 6.33. The number of nitrogens with one attached hydrogen (secondary N) is 1. The molecule has 2 aliphatic rings. The number of amides is 1. The van der Waals surface area contributed by atoms with Crippen LogP contribution in [0.25, 0.3) is 5.70 Å². The number of fused-ring (bicyclic) bond motifs is 2. The van der Waals surface area contributed by atoms with Gasteiger partial charge < -0.3 is 14.5 Å². The zero-order valence-corrected chi connectivity index (χ0v) is 17.5. The third-order valence-corrected chi connectivity index (χ3v) is 5.53. The maximum atomic E-state index is 13.5. The van der Waals surface area contributed by atoms with E-state index in [2.05, 4.69) is 5.48 Å². The number of ether oxygens (including phenoxy) is 1. The Morgan fingerprint density at radius 1 is 1.16 bits per heavy atom. The molecule has 0 atom stereocenters. The second-order valence-electron chi connectivity index (χ2n) is 7.95. The van der Waals surface area contributed by atoms with Crippen molar-refractivity contribution < 1.29 is 27.5 Å². The van der Waals surface area contributed by atoms with Gasteiger partial charge in [0.1, 0.15) is 11.4 Å². The molecule has 2 aromatic rings. The van der Waals surface area contributed by atoms with Crippen molar-refractivity contribution in [2.24, 2.45) is 0 Å². The van der Waals surface area contributed by atoms with E-state index in [4.69, 9.17) is 9.57 Å². The summed E-state index contributed by atoms with van der Waals surface area (Å²) in [4.78, 5) is 20.1. The summed E-state index contributed by atoms with van der Waals surface area (Å²) in [6, 6.07) is 10.6. The third kappa shape index (κ3) is 3.81. The summed E-state index contributed by atoms with van der Waals surface area (Å²) in [5.74, 6) is 0.0532. The molecule has 1 N–H and O–H groups in total. The molecular weight excluding hydrogens is 409 g/mol. The summed E-state index contributed by atoms with van der Waals surface area (Å²) in [6.07, 6.45) is -4.52. The van der Waals surface area contributed by atoms with Gasteiger partial charge in [0.2, 0.25) is 0 Å². The summed E-state index contributed by atoms with van der Waals surface area (Å²) in [7, 11) is 0. The second kappa shape index (κ2) is 7.69. The van der Waals surface area contributed by atoms with E-state index in [0.29, 0.717) is 29.2 Å². The maximum absolute atomic E-state index is 13.5. The van der Waals surface area contributed by atoms with Crippen LogP contribution in [0, 0.1) is 0 Å². The maximum Gasteiger partial charge on any atom is 0.416 e. The highest BCUT2D eigenvalue weighted by Crippen LogP contribution is 2.46. The minimum atomic E-state index is -4.52. The average Bonchev–Trinajstić information content (AvgIpc) is 3.03. The lowest BCUT2D eigenvalue weighted by Crippen LogP contribution is -2.42. The van der Waals surface area contributed by atoms with Gasteiger partial charge in [0.15, 0.2) is 0 Å². The molecule has 0 radical (unpaired) electrons. The number of carbonyl (C=O) groups excluding carboxylic acids is 1. The largest absolute Gasteiger partial charge is 0.483 e. The van der Waals surface area contributed by atoms with Gasteiger partial charge in [-0.15, -0.1) is 0 Å². The molecule has 0 saturated carbocycles. The molecule has 0 aromatic heterocycles. The van der Waals surface area contributed by atoms with Crippen LogP contribution in [-0.2, 0) is 17.6 Å². The van der Waals surface area contributed by atoms with Crippen LogP contribution in [0.3, 0.4) is 0 Å². The predicted molar refractivity (Wildman–Crippen MR) is 109 cm³/mol. The normalized spacial score (nSPS) is 17.5. The lowest BCUT2D eigenvalue weighted by molar-refractivity contribution is -0.137. The number of carbonyl (C=O) groups is 1. The minimum Gasteiger partial charge on any atom is -0.483 e. The molecule has 5 nitrogen and oxygen atoms in total. The van der Waals surface area contributed by atoms with Crippen LogP contribution in [0.5, 0.6) is 5.75 Å². The Balaban J connectivity index is 1.90. The average molecular weight is 432 g/mol. The zero-order chi connectivity index (χ0) is 22.4. The first-order valence-corrected chi connectivity index (χ1v) is 10.0. The van der Waals surface area contributed by atoms with Crippen LogP contribution in [0.1, 0.15) is 47.8 Å². The van der Waals surface area contributed by atoms with Crippen molar-refractivity contribution in [3.63, 3.8) is 0 Å². The number of hydrogen-bond donors (Lipinski definition) is 1. The van der Waals surface area contributed by atoms with Crippen molar-refractivity contribution in [2.45, 2.75) is 39.1 Å².